The first-order valence-corrected chi connectivity index (χ1v) is 8.49. The van der Waals surface area contributed by atoms with Gasteiger partial charge in [0, 0.05) is 32.5 Å². The van der Waals surface area contributed by atoms with Gasteiger partial charge in [-0.2, -0.15) is 0 Å². The summed E-state index contributed by atoms with van der Waals surface area (Å²) in [6.45, 7) is 6.52. The van der Waals surface area contributed by atoms with Gasteiger partial charge in [-0.05, 0) is 38.5 Å². The number of alkyl halides is 1. The zero-order valence-electron chi connectivity index (χ0n) is 13.3. The van der Waals surface area contributed by atoms with E-state index in [1.54, 1.807) is 0 Å². The molecule has 0 fully saturated rings. The molecule has 0 aliphatic heterocycles. The molecule has 1 aromatic heterocycles. The molecule has 0 radical (unpaired) electrons. The molecule has 0 spiro atoms. The smallest absolute Gasteiger partial charge is 0.144 e. The second-order valence-corrected chi connectivity index (χ2v) is 8.89. The monoisotopic (exact) mass is 405 g/mol. The Morgan fingerprint density at radius 2 is 1.86 bits per heavy atom. The summed E-state index contributed by atoms with van der Waals surface area (Å²) in [7, 11) is 1.97. The third-order valence-electron chi connectivity index (χ3n) is 3.78. The van der Waals surface area contributed by atoms with E-state index in [1.165, 1.54) is 16.3 Å². The Morgan fingerprint density at radius 1 is 1.14 bits per heavy atom. The van der Waals surface area contributed by atoms with Crippen molar-refractivity contribution in [2.75, 3.05) is 7.05 Å². The van der Waals surface area contributed by atoms with Crippen molar-refractivity contribution < 1.29 is 4.42 Å². The molecule has 0 aliphatic carbocycles. The summed E-state index contributed by atoms with van der Waals surface area (Å²) in [6.07, 6.45) is 2.25. The van der Waals surface area contributed by atoms with E-state index < -0.39 is 0 Å². The molecular weight excluding hydrogens is 385 g/mol. The minimum Gasteiger partial charge on any atom is -0.455 e. The van der Waals surface area contributed by atoms with Gasteiger partial charge in [0.15, 0.2) is 0 Å². The molecule has 0 saturated carbocycles. The van der Waals surface area contributed by atoms with Crippen LogP contribution in [0.15, 0.2) is 46.9 Å². The largest absolute Gasteiger partial charge is 0.455 e. The molecule has 2 nitrogen and oxygen atoms in total. The second-order valence-electron chi connectivity index (χ2n) is 6.10. The van der Waals surface area contributed by atoms with Crippen LogP contribution in [0.25, 0.3) is 27.6 Å². The third-order valence-corrected chi connectivity index (χ3v) is 4.09. The number of fused-ring (bicyclic) bond motifs is 3. The summed E-state index contributed by atoms with van der Waals surface area (Å²) in [6, 6.07) is 12.5. The minimum absolute atomic E-state index is 0.0662. The van der Waals surface area contributed by atoms with E-state index in [0.29, 0.717) is 0 Å². The number of rotatable bonds is 3. The Balaban J connectivity index is 2.37. The van der Waals surface area contributed by atoms with Crippen molar-refractivity contribution in [2.45, 2.75) is 24.2 Å². The van der Waals surface area contributed by atoms with Crippen LogP contribution in [0.2, 0.25) is 0 Å². The van der Waals surface area contributed by atoms with Gasteiger partial charge in [0.2, 0.25) is 0 Å². The highest BCUT2D eigenvalue weighted by Crippen LogP contribution is 2.36. The van der Waals surface area contributed by atoms with Crippen molar-refractivity contribution >= 4 is 50.2 Å². The lowest BCUT2D eigenvalue weighted by atomic mass is 9.99. The van der Waals surface area contributed by atoms with Crippen LogP contribution in [0.3, 0.4) is 0 Å². The number of halogens is 1. The molecule has 0 bridgehead atoms. The highest BCUT2D eigenvalue weighted by atomic mass is 127. The van der Waals surface area contributed by atoms with Crippen LogP contribution in [0.5, 0.6) is 0 Å². The van der Waals surface area contributed by atoms with Crippen molar-refractivity contribution in [1.29, 1.82) is 0 Å². The van der Waals surface area contributed by atoms with Crippen LogP contribution in [-0.2, 0) is 0 Å². The van der Waals surface area contributed by atoms with E-state index in [0.717, 1.165) is 22.4 Å². The zero-order valence-corrected chi connectivity index (χ0v) is 15.5. The molecule has 0 atom stereocenters. The van der Waals surface area contributed by atoms with E-state index in [4.69, 9.17) is 4.42 Å². The van der Waals surface area contributed by atoms with Gasteiger partial charge < -0.3 is 9.73 Å². The van der Waals surface area contributed by atoms with E-state index in [9.17, 15) is 0 Å². The molecule has 0 unspecified atom stereocenters. The average Bonchev–Trinajstić information content (AvgIpc) is 2.82. The predicted molar refractivity (Wildman–Crippen MR) is 104 cm³/mol. The lowest BCUT2D eigenvalue weighted by molar-refractivity contribution is 0.666. The van der Waals surface area contributed by atoms with Crippen LogP contribution < -0.4 is 5.32 Å². The van der Waals surface area contributed by atoms with E-state index in [-0.39, 0.29) is 3.42 Å². The summed E-state index contributed by atoms with van der Waals surface area (Å²) in [5, 5.41) is 5.69. The van der Waals surface area contributed by atoms with Crippen molar-refractivity contribution in [3.8, 4) is 0 Å². The van der Waals surface area contributed by atoms with Crippen molar-refractivity contribution in [3.05, 3.63) is 53.6 Å². The molecule has 114 valence electrons. The fourth-order valence-electron chi connectivity index (χ4n) is 2.83. The second kappa shape index (κ2) is 5.61. The van der Waals surface area contributed by atoms with E-state index in [1.807, 2.05) is 19.2 Å². The first-order valence-electron chi connectivity index (χ1n) is 7.41. The minimum atomic E-state index is 0.0662. The average molecular weight is 405 g/mol. The van der Waals surface area contributed by atoms with Crippen molar-refractivity contribution in [1.82, 2.24) is 5.32 Å². The number of allylic oxidation sites excluding steroid dienone is 1. The Hall–Kier alpha value is -1.49. The van der Waals surface area contributed by atoms with Crippen LogP contribution in [0.1, 0.15) is 25.0 Å². The molecule has 0 amide bonds. The van der Waals surface area contributed by atoms with Crippen molar-refractivity contribution in [3.63, 3.8) is 0 Å². The highest BCUT2D eigenvalue weighted by Gasteiger charge is 2.18. The van der Waals surface area contributed by atoms with Gasteiger partial charge in [0.05, 0.1) is 0 Å². The van der Waals surface area contributed by atoms with E-state index >= 15 is 0 Å². The van der Waals surface area contributed by atoms with E-state index in [2.05, 4.69) is 79.0 Å². The summed E-state index contributed by atoms with van der Waals surface area (Å²) >= 11 is 2.44. The molecular formula is C19H20INO. The number of aryl methyl sites for hydroxylation is 1. The van der Waals surface area contributed by atoms with Gasteiger partial charge in [0.1, 0.15) is 11.2 Å². The van der Waals surface area contributed by atoms with Gasteiger partial charge in [-0.3, -0.25) is 0 Å². The molecule has 3 aromatic rings. The summed E-state index contributed by atoms with van der Waals surface area (Å²) in [5.41, 5.74) is 5.38. The Kier molecular flexibility index (Phi) is 3.93. The summed E-state index contributed by atoms with van der Waals surface area (Å²) in [4.78, 5) is 0. The van der Waals surface area contributed by atoms with Crippen LogP contribution >= 0.6 is 22.6 Å². The standard InChI is InChI=1S/C19H20INO/c1-12-9-10-14-13-7-5-6-8-16(13)22-18(14)17(12)15(21-4)11-19(2,3)20/h5-11,21H,1-4H3/b15-11-. The number of hydrogen-bond acceptors (Lipinski definition) is 2. The van der Waals surface area contributed by atoms with Crippen LogP contribution in [0.4, 0.5) is 0 Å². The number of hydrogen-bond donors (Lipinski definition) is 1. The molecule has 22 heavy (non-hydrogen) atoms. The first kappa shape index (κ1) is 15.4. The van der Waals surface area contributed by atoms with Gasteiger partial charge in [-0.15, -0.1) is 0 Å². The maximum absolute atomic E-state index is 6.18. The Morgan fingerprint density at radius 3 is 2.55 bits per heavy atom. The third kappa shape index (κ3) is 2.74. The molecule has 2 aromatic carbocycles. The van der Waals surface area contributed by atoms with Crippen molar-refractivity contribution in [2.24, 2.45) is 0 Å². The SMILES string of the molecule is CN/C(=C\C(C)(C)I)c1c(C)ccc2c1oc1ccccc12. The molecule has 1 heterocycles. The van der Waals surface area contributed by atoms with Crippen LogP contribution in [-0.4, -0.2) is 10.5 Å². The number of benzene rings is 2. The maximum Gasteiger partial charge on any atom is 0.144 e. The molecule has 0 saturated heterocycles. The fraction of sp³-hybridized carbons (Fsp3) is 0.263. The Labute approximate surface area is 144 Å². The number of para-hydroxylation sites is 1. The summed E-state index contributed by atoms with van der Waals surface area (Å²) < 4.78 is 6.24. The molecule has 0 aliphatic rings. The number of nitrogens with one attached hydrogen (secondary N) is 1. The predicted octanol–water partition coefficient (Wildman–Crippen LogP) is 5.67. The Bertz CT molecular complexity index is 868. The zero-order chi connectivity index (χ0) is 15.9. The van der Waals surface area contributed by atoms with Crippen LogP contribution in [0, 0.1) is 6.92 Å². The van der Waals surface area contributed by atoms with Gasteiger partial charge >= 0.3 is 0 Å². The molecule has 3 heteroatoms. The fourth-order valence-corrected chi connectivity index (χ4v) is 3.15. The quantitative estimate of drug-likeness (QED) is 0.449. The maximum atomic E-state index is 6.18. The molecule has 3 rings (SSSR count). The summed E-state index contributed by atoms with van der Waals surface area (Å²) in [5.74, 6) is 0. The highest BCUT2D eigenvalue weighted by molar-refractivity contribution is 14.1. The lowest BCUT2D eigenvalue weighted by Crippen LogP contribution is -2.13. The first-order chi connectivity index (χ1) is 10.4. The number of furan rings is 1. The molecule has 1 N–H and O–H groups in total. The topological polar surface area (TPSA) is 25.2 Å². The lowest BCUT2D eigenvalue weighted by Gasteiger charge is -2.17. The van der Waals surface area contributed by atoms with Gasteiger partial charge in [-0.1, -0.05) is 52.9 Å². The van der Waals surface area contributed by atoms with Gasteiger partial charge in [-0.25, -0.2) is 0 Å². The van der Waals surface area contributed by atoms with Gasteiger partial charge in [0.25, 0.3) is 0 Å². The normalized spacial score (nSPS) is 13.0.